The quantitative estimate of drug-likeness (QED) is 0.808. The second-order valence-corrected chi connectivity index (χ2v) is 3.80. The van der Waals surface area contributed by atoms with Crippen LogP contribution in [0.1, 0.15) is 5.56 Å². The number of pyridine rings is 1. The van der Waals surface area contributed by atoms with Gasteiger partial charge in [0.1, 0.15) is 11.6 Å². The second-order valence-electron chi connectivity index (χ2n) is 3.80. The molecule has 0 aliphatic rings. The topological polar surface area (TPSA) is 50.9 Å². The molecule has 0 saturated heterocycles. The zero-order chi connectivity index (χ0) is 13.3. The van der Waals surface area contributed by atoms with Gasteiger partial charge in [-0.1, -0.05) is 0 Å². The van der Waals surface area contributed by atoms with Crippen LogP contribution in [0.3, 0.4) is 0 Å². The van der Waals surface area contributed by atoms with Crippen LogP contribution in [0.5, 0.6) is 0 Å². The number of nitrogens with one attached hydrogen (secondary N) is 1. The molecular weight excluding hydrogens is 243 g/mol. The molecule has 2 rings (SSSR count). The number of rotatable bonds is 2. The predicted molar refractivity (Wildman–Crippen MR) is 63.0 cm³/mol. The van der Waals surface area contributed by atoms with Gasteiger partial charge in [-0.3, -0.25) is 0 Å². The van der Waals surface area contributed by atoms with Crippen LogP contribution in [0.25, 0.3) is 0 Å². The predicted octanol–water partition coefficient (Wildman–Crippen LogP) is 3.13. The average molecular weight is 253 g/mol. The molecular formula is C12H10F3N3. The summed E-state index contributed by atoms with van der Waals surface area (Å²) in [5.41, 5.74) is 6.47. The number of nitrogens with two attached hydrogens (primary N) is 1. The highest BCUT2D eigenvalue weighted by Crippen LogP contribution is 2.23. The van der Waals surface area contributed by atoms with E-state index in [1.165, 1.54) is 6.20 Å². The SMILES string of the molecule is Cc1cc(Nc2cc(F)cc(F)c2F)ncc1N. The van der Waals surface area contributed by atoms with Gasteiger partial charge in [0.25, 0.3) is 0 Å². The fourth-order valence-corrected chi connectivity index (χ4v) is 1.42. The van der Waals surface area contributed by atoms with Gasteiger partial charge >= 0.3 is 0 Å². The Labute approximate surface area is 101 Å². The van der Waals surface area contributed by atoms with Crippen molar-refractivity contribution in [2.45, 2.75) is 6.92 Å². The van der Waals surface area contributed by atoms with Gasteiger partial charge in [-0.05, 0) is 18.6 Å². The highest BCUT2D eigenvalue weighted by atomic mass is 19.2. The maximum atomic E-state index is 13.4. The van der Waals surface area contributed by atoms with Crippen LogP contribution in [-0.2, 0) is 0 Å². The minimum Gasteiger partial charge on any atom is -0.397 e. The van der Waals surface area contributed by atoms with Gasteiger partial charge in [0, 0.05) is 12.1 Å². The normalized spacial score (nSPS) is 10.4. The zero-order valence-electron chi connectivity index (χ0n) is 9.47. The van der Waals surface area contributed by atoms with Crippen LogP contribution in [0.2, 0.25) is 0 Å². The summed E-state index contributed by atoms with van der Waals surface area (Å²) in [6.07, 6.45) is 1.38. The summed E-state index contributed by atoms with van der Waals surface area (Å²) < 4.78 is 39.3. The summed E-state index contributed by atoms with van der Waals surface area (Å²) in [4.78, 5) is 3.89. The van der Waals surface area contributed by atoms with E-state index in [9.17, 15) is 13.2 Å². The first-order valence-electron chi connectivity index (χ1n) is 5.11. The third kappa shape index (κ3) is 2.37. The van der Waals surface area contributed by atoms with Gasteiger partial charge in [0.15, 0.2) is 11.6 Å². The van der Waals surface area contributed by atoms with Crippen LogP contribution in [0.15, 0.2) is 24.4 Å². The monoisotopic (exact) mass is 253 g/mol. The first-order chi connectivity index (χ1) is 8.47. The first-order valence-corrected chi connectivity index (χ1v) is 5.11. The summed E-state index contributed by atoms with van der Waals surface area (Å²) in [5, 5.41) is 2.50. The van der Waals surface area contributed by atoms with E-state index in [1.54, 1.807) is 13.0 Å². The van der Waals surface area contributed by atoms with Crippen LogP contribution < -0.4 is 11.1 Å². The molecule has 0 aliphatic heterocycles. The van der Waals surface area contributed by atoms with Crippen molar-refractivity contribution < 1.29 is 13.2 Å². The number of nitrogens with zero attached hydrogens (tertiary/aromatic N) is 1. The minimum atomic E-state index is -1.26. The number of aryl methyl sites for hydroxylation is 1. The standard InChI is InChI=1S/C12H10F3N3/c1-6-2-11(17-5-9(6)16)18-10-4-7(13)3-8(14)12(10)15/h2-5H,16H2,1H3,(H,17,18). The smallest absolute Gasteiger partial charge is 0.182 e. The van der Waals surface area contributed by atoms with Crippen molar-refractivity contribution in [1.82, 2.24) is 4.98 Å². The Bertz CT molecular complexity index is 599. The van der Waals surface area contributed by atoms with E-state index >= 15 is 0 Å². The van der Waals surface area contributed by atoms with E-state index in [4.69, 9.17) is 5.73 Å². The highest BCUT2D eigenvalue weighted by Gasteiger charge is 2.11. The molecule has 0 fully saturated rings. The Kier molecular flexibility index (Phi) is 3.10. The summed E-state index contributed by atoms with van der Waals surface area (Å²) in [6.45, 7) is 1.74. The first kappa shape index (κ1) is 12.2. The molecule has 0 aliphatic carbocycles. The molecule has 94 valence electrons. The van der Waals surface area contributed by atoms with Gasteiger partial charge in [-0.25, -0.2) is 18.2 Å². The number of hydrogen-bond acceptors (Lipinski definition) is 3. The lowest BCUT2D eigenvalue weighted by atomic mass is 10.2. The molecule has 0 amide bonds. The van der Waals surface area contributed by atoms with E-state index in [0.29, 0.717) is 11.8 Å². The lowest BCUT2D eigenvalue weighted by Gasteiger charge is -2.09. The van der Waals surface area contributed by atoms with Gasteiger partial charge in [-0.2, -0.15) is 0 Å². The van der Waals surface area contributed by atoms with Gasteiger partial charge in [0.2, 0.25) is 0 Å². The van der Waals surface area contributed by atoms with Crippen molar-refractivity contribution in [2.75, 3.05) is 11.1 Å². The van der Waals surface area contributed by atoms with Crippen molar-refractivity contribution in [1.29, 1.82) is 0 Å². The molecule has 1 aromatic heterocycles. The zero-order valence-corrected chi connectivity index (χ0v) is 9.47. The van der Waals surface area contributed by atoms with Crippen molar-refractivity contribution in [3.8, 4) is 0 Å². The van der Waals surface area contributed by atoms with Crippen molar-refractivity contribution in [2.24, 2.45) is 0 Å². The second kappa shape index (κ2) is 4.56. The van der Waals surface area contributed by atoms with Crippen molar-refractivity contribution in [3.05, 3.63) is 47.4 Å². The molecule has 3 N–H and O–H groups in total. The maximum absolute atomic E-state index is 13.4. The fraction of sp³-hybridized carbons (Fsp3) is 0.0833. The van der Waals surface area contributed by atoms with E-state index in [0.717, 1.165) is 11.6 Å². The molecule has 0 unspecified atom stereocenters. The molecule has 18 heavy (non-hydrogen) atoms. The molecule has 3 nitrogen and oxygen atoms in total. The molecule has 0 bridgehead atoms. The van der Waals surface area contributed by atoms with Gasteiger partial charge < -0.3 is 11.1 Å². The third-order valence-corrected chi connectivity index (χ3v) is 2.41. The van der Waals surface area contributed by atoms with Crippen LogP contribution in [0.4, 0.5) is 30.4 Å². The van der Waals surface area contributed by atoms with Crippen LogP contribution >= 0.6 is 0 Å². The Morgan fingerprint density at radius 1 is 1.17 bits per heavy atom. The lowest BCUT2D eigenvalue weighted by molar-refractivity contribution is 0.498. The van der Waals surface area contributed by atoms with E-state index in [2.05, 4.69) is 10.3 Å². The highest BCUT2D eigenvalue weighted by molar-refractivity contribution is 5.60. The molecule has 6 heteroatoms. The third-order valence-electron chi connectivity index (χ3n) is 2.41. The largest absolute Gasteiger partial charge is 0.397 e. The minimum absolute atomic E-state index is 0.255. The van der Waals surface area contributed by atoms with Crippen LogP contribution in [-0.4, -0.2) is 4.98 Å². The molecule has 1 heterocycles. The van der Waals surface area contributed by atoms with Crippen molar-refractivity contribution >= 4 is 17.2 Å². The van der Waals surface area contributed by atoms with Crippen molar-refractivity contribution in [3.63, 3.8) is 0 Å². The number of anilines is 3. The Morgan fingerprint density at radius 3 is 2.56 bits per heavy atom. The maximum Gasteiger partial charge on any atom is 0.182 e. The fourth-order valence-electron chi connectivity index (χ4n) is 1.42. The number of hydrogen-bond donors (Lipinski definition) is 2. The number of halogens is 3. The Balaban J connectivity index is 2.36. The summed E-state index contributed by atoms with van der Waals surface area (Å²) >= 11 is 0. The van der Waals surface area contributed by atoms with Gasteiger partial charge in [-0.15, -0.1) is 0 Å². The summed E-state index contributed by atoms with van der Waals surface area (Å²) in [6, 6.07) is 2.88. The average Bonchev–Trinajstić information content (AvgIpc) is 2.30. The lowest BCUT2D eigenvalue weighted by Crippen LogP contribution is -2.01. The molecule has 0 spiro atoms. The molecule has 0 radical (unpaired) electrons. The van der Waals surface area contributed by atoms with E-state index in [-0.39, 0.29) is 11.5 Å². The van der Waals surface area contributed by atoms with E-state index in [1.807, 2.05) is 0 Å². The summed E-state index contributed by atoms with van der Waals surface area (Å²) in [5.74, 6) is -3.04. The number of aromatic nitrogens is 1. The van der Waals surface area contributed by atoms with Crippen LogP contribution in [0, 0.1) is 24.4 Å². The number of benzene rings is 1. The van der Waals surface area contributed by atoms with Gasteiger partial charge in [0.05, 0.1) is 17.6 Å². The molecule has 2 aromatic rings. The molecule has 0 atom stereocenters. The molecule has 0 saturated carbocycles. The molecule has 1 aromatic carbocycles. The Morgan fingerprint density at radius 2 is 1.89 bits per heavy atom. The van der Waals surface area contributed by atoms with E-state index < -0.39 is 17.5 Å². The summed E-state index contributed by atoms with van der Waals surface area (Å²) in [7, 11) is 0. The number of nitrogen functional groups attached to an aromatic ring is 1. The Hall–Kier alpha value is -2.24.